The Morgan fingerprint density at radius 2 is 1.79 bits per heavy atom. The van der Waals surface area contributed by atoms with Gasteiger partial charge in [-0.2, -0.15) is 0 Å². The van der Waals surface area contributed by atoms with Crippen LogP contribution in [0.25, 0.3) is 22.3 Å². The van der Waals surface area contributed by atoms with Gasteiger partial charge in [-0.25, -0.2) is 14.4 Å². The summed E-state index contributed by atoms with van der Waals surface area (Å²) >= 11 is 0. The van der Waals surface area contributed by atoms with Gasteiger partial charge in [0.25, 0.3) is 5.91 Å². The van der Waals surface area contributed by atoms with Crippen LogP contribution in [-0.2, 0) is 4.79 Å². The van der Waals surface area contributed by atoms with Crippen LogP contribution in [0.2, 0.25) is 0 Å². The molecule has 2 heterocycles. The quantitative estimate of drug-likeness (QED) is 0.327. The van der Waals surface area contributed by atoms with Gasteiger partial charge in [0.15, 0.2) is 11.6 Å². The Labute approximate surface area is 225 Å². The number of nitrogens with zero attached hydrogens (tertiary/aromatic N) is 2. The van der Waals surface area contributed by atoms with Crippen LogP contribution >= 0.6 is 0 Å². The van der Waals surface area contributed by atoms with E-state index in [-0.39, 0.29) is 29.6 Å². The number of hydrogen-bond acceptors (Lipinski definition) is 7. The second-order valence-corrected chi connectivity index (χ2v) is 10.5. The van der Waals surface area contributed by atoms with Crippen molar-refractivity contribution in [2.24, 2.45) is 5.92 Å². The van der Waals surface area contributed by atoms with E-state index in [0.29, 0.717) is 77.5 Å². The van der Waals surface area contributed by atoms with Crippen molar-refractivity contribution in [3.63, 3.8) is 0 Å². The second kappa shape index (κ2) is 11.2. The first-order valence-electron chi connectivity index (χ1n) is 13.4. The predicted octanol–water partition coefficient (Wildman–Crippen LogP) is 3.41. The van der Waals surface area contributed by atoms with Gasteiger partial charge in [-0.1, -0.05) is 0 Å². The van der Waals surface area contributed by atoms with Gasteiger partial charge >= 0.3 is 0 Å². The first-order chi connectivity index (χ1) is 18.7. The van der Waals surface area contributed by atoms with Crippen molar-refractivity contribution in [3.05, 3.63) is 35.5 Å². The Kier molecular flexibility index (Phi) is 7.69. The summed E-state index contributed by atoms with van der Waals surface area (Å²) in [6, 6.07) is 2.80. The number of H-pyrrole nitrogens is 1. The number of rotatable bonds is 9. The van der Waals surface area contributed by atoms with Gasteiger partial charge in [0, 0.05) is 29.4 Å². The smallest absolute Gasteiger partial charge is 0.255 e. The number of aryl methyl sites for hydroxylation is 1. The van der Waals surface area contributed by atoms with Gasteiger partial charge < -0.3 is 30.2 Å². The first-order valence-corrected chi connectivity index (χ1v) is 13.4. The molecule has 2 aliphatic carbocycles. The maximum atomic E-state index is 14.8. The minimum atomic E-state index is -1.05. The predicted molar refractivity (Wildman–Crippen MR) is 142 cm³/mol. The number of methoxy groups -OCH3 is 1. The van der Waals surface area contributed by atoms with Crippen molar-refractivity contribution in [2.75, 3.05) is 13.7 Å². The lowest BCUT2D eigenvalue weighted by Gasteiger charge is -2.30. The van der Waals surface area contributed by atoms with E-state index < -0.39 is 11.9 Å². The average Bonchev–Trinajstić information content (AvgIpc) is 3.68. The van der Waals surface area contributed by atoms with Crippen molar-refractivity contribution in [1.82, 2.24) is 25.6 Å². The highest BCUT2D eigenvalue weighted by Crippen LogP contribution is 2.39. The van der Waals surface area contributed by atoms with E-state index in [1.54, 1.807) is 6.92 Å². The van der Waals surface area contributed by atoms with Crippen molar-refractivity contribution in [1.29, 1.82) is 0 Å². The van der Waals surface area contributed by atoms with E-state index >= 15 is 0 Å². The van der Waals surface area contributed by atoms with E-state index in [0.717, 1.165) is 12.8 Å². The zero-order valence-electron chi connectivity index (χ0n) is 22.3. The number of halogens is 1. The third kappa shape index (κ3) is 5.83. The number of carbonyl (C=O) groups excluding carboxylic acids is 2. The molecule has 5 rings (SSSR count). The van der Waals surface area contributed by atoms with E-state index in [4.69, 9.17) is 9.47 Å². The molecule has 2 saturated carbocycles. The topological polar surface area (TPSA) is 138 Å². The molecule has 2 aromatic heterocycles. The molecule has 0 spiro atoms. The lowest BCUT2D eigenvalue weighted by molar-refractivity contribution is -0.129. The molecule has 1 atom stereocenters. The number of amides is 2. The van der Waals surface area contributed by atoms with E-state index in [1.165, 1.54) is 32.5 Å². The Morgan fingerprint density at radius 3 is 2.44 bits per heavy atom. The summed E-state index contributed by atoms with van der Waals surface area (Å²) in [5, 5.41) is 15.4. The van der Waals surface area contributed by atoms with Crippen LogP contribution in [0.15, 0.2) is 18.5 Å². The number of aromatic amines is 1. The molecule has 11 heteroatoms. The molecule has 10 nitrogen and oxygen atoms in total. The Morgan fingerprint density at radius 1 is 1.10 bits per heavy atom. The second-order valence-electron chi connectivity index (χ2n) is 10.5. The summed E-state index contributed by atoms with van der Waals surface area (Å²) in [7, 11) is 1.41. The molecule has 0 radical (unpaired) electrons. The largest absolute Gasteiger partial charge is 0.494 e. The molecule has 208 valence electrons. The normalized spacial score (nSPS) is 19.9. The third-order valence-corrected chi connectivity index (χ3v) is 7.47. The maximum absolute atomic E-state index is 14.8. The van der Waals surface area contributed by atoms with E-state index in [9.17, 15) is 19.1 Å². The van der Waals surface area contributed by atoms with Crippen molar-refractivity contribution < 1.29 is 28.6 Å². The highest BCUT2D eigenvalue weighted by Gasteiger charge is 2.28. The van der Waals surface area contributed by atoms with E-state index in [1.807, 2.05) is 0 Å². The number of aliphatic hydroxyl groups is 1. The van der Waals surface area contributed by atoms with Gasteiger partial charge in [-0.3, -0.25) is 9.59 Å². The summed E-state index contributed by atoms with van der Waals surface area (Å²) in [6.07, 6.45) is 5.34. The van der Waals surface area contributed by atoms with Gasteiger partial charge in [0.2, 0.25) is 5.91 Å². The lowest BCUT2D eigenvalue weighted by atomic mass is 9.90. The number of aliphatic hydroxyl groups excluding tert-OH is 1. The van der Waals surface area contributed by atoms with Crippen LogP contribution in [-0.4, -0.2) is 63.8 Å². The van der Waals surface area contributed by atoms with Crippen LogP contribution in [0.3, 0.4) is 0 Å². The zero-order chi connectivity index (χ0) is 27.7. The average molecular weight is 540 g/mol. The molecule has 2 fully saturated rings. The fourth-order valence-electron chi connectivity index (χ4n) is 5.05. The molecule has 1 aromatic carbocycles. The Hall–Kier alpha value is -3.73. The fraction of sp³-hybridized carbons (Fsp3) is 0.500. The summed E-state index contributed by atoms with van der Waals surface area (Å²) in [6.45, 7) is 3.76. The molecular weight excluding hydrogens is 505 g/mol. The molecule has 2 aliphatic rings. The maximum Gasteiger partial charge on any atom is 0.255 e. The third-order valence-electron chi connectivity index (χ3n) is 7.47. The van der Waals surface area contributed by atoms with Crippen LogP contribution in [0.5, 0.6) is 11.5 Å². The Bertz CT molecular complexity index is 1380. The van der Waals surface area contributed by atoms with Crippen molar-refractivity contribution in [3.8, 4) is 22.8 Å². The number of nitrogens with one attached hydrogen (secondary N) is 3. The SMILES string of the molecule is COc1cc(OCC2CC2)c(-c2ncnc3c(C(=O)N[C@H]4CC[C@@H](NC(=O)[C@H](C)O)CC4)c(C)[nH]c23)cc1F. The summed E-state index contributed by atoms with van der Waals surface area (Å²) in [5.41, 5.74) is 2.88. The monoisotopic (exact) mass is 539 g/mol. The van der Waals surface area contributed by atoms with Crippen molar-refractivity contribution >= 4 is 22.8 Å². The van der Waals surface area contributed by atoms with Crippen LogP contribution in [0.1, 0.15) is 61.5 Å². The Balaban J connectivity index is 1.38. The zero-order valence-corrected chi connectivity index (χ0v) is 22.3. The van der Waals surface area contributed by atoms with Gasteiger partial charge in [0.1, 0.15) is 29.4 Å². The molecule has 0 unspecified atom stereocenters. The number of carbonyl (C=O) groups is 2. The van der Waals surface area contributed by atoms with Crippen molar-refractivity contribution in [2.45, 2.75) is 70.6 Å². The molecular formula is C28H34FN5O5. The summed E-state index contributed by atoms with van der Waals surface area (Å²) in [5.74, 6) is -0.154. The van der Waals surface area contributed by atoms with Gasteiger partial charge in [-0.05, 0) is 64.4 Å². The number of benzene rings is 1. The summed E-state index contributed by atoms with van der Waals surface area (Å²) in [4.78, 5) is 37.3. The number of aromatic nitrogens is 3. The molecule has 0 saturated heterocycles. The number of fused-ring (bicyclic) bond motifs is 1. The van der Waals surface area contributed by atoms with Crippen LogP contribution < -0.4 is 20.1 Å². The molecule has 39 heavy (non-hydrogen) atoms. The van der Waals surface area contributed by atoms with Crippen LogP contribution in [0.4, 0.5) is 4.39 Å². The highest BCUT2D eigenvalue weighted by molar-refractivity contribution is 6.09. The molecule has 0 bridgehead atoms. The molecule has 0 aliphatic heterocycles. The molecule has 3 aromatic rings. The number of hydrogen-bond donors (Lipinski definition) is 4. The van der Waals surface area contributed by atoms with Gasteiger partial charge in [-0.15, -0.1) is 0 Å². The minimum Gasteiger partial charge on any atom is -0.494 e. The lowest BCUT2D eigenvalue weighted by Crippen LogP contribution is -2.46. The van der Waals surface area contributed by atoms with E-state index in [2.05, 4.69) is 25.6 Å². The first kappa shape index (κ1) is 26.9. The fourth-order valence-corrected chi connectivity index (χ4v) is 5.05. The minimum absolute atomic E-state index is 0.0217. The number of ether oxygens (including phenoxy) is 2. The standard InChI is InChI=1S/C28H34FN5O5/c1-14-23(28(37)34-18-8-6-17(7-9-18)33-27(36)15(2)35)25-26(32-14)24(30-13-31-25)19-10-20(29)22(38-3)11-21(19)39-12-16-4-5-16/h10-11,13,15-18,32,35H,4-9,12H2,1-3H3,(H,33,36)(H,34,37)/t15-,17-,18+/m0/s1. The van der Waals surface area contributed by atoms with Crippen LogP contribution in [0, 0.1) is 18.7 Å². The van der Waals surface area contributed by atoms with Gasteiger partial charge in [0.05, 0.1) is 24.8 Å². The highest BCUT2D eigenvalue weighted by atomic mass is 19.1. The molecule has 2 amide bonds. The molecule has 4 N–H and O–H groups in total. The summed E-state index contributed by atoms with van der Waals surface area (Å²) < 4.78 is 26.0.